The number of sulfonamides is 1. The van der Waals surface area contributed by atoms with Gasteiger partial charge in [0.15, 0.2) is 0 Å². The summed E-state index contributed by atoms with van der Waals surface area (Å²) in [6, 6.07) is 7.14. The number of nitrogens with one attached hydrogen (secondary N) is 1. The van der Waals surface area contributed by atoms with Gasteiger partial charge in [-0.05, 0) is 68.1 Å². The fourth-order valence-electron chi connectivity index (χ4n) is 4.24. The first kappa shape index (κ1) is 17.5. The average molecular weight is 349 g/mol. The van der Waals surface area contributed by atoms with Gasteiger partial charge in [0.2, 0.25) is 0 Å². The number of benzene rings is 1. The fraction of sp³-hybridized carbons (Fsp3) is 0.632. The van der Waals surface area contributed by atoms with Crippen molar-refractivity contribution in [2.24, 2.45) is 22.9 Å². The van der Waals surface area contributed by atoms with Gasteiger partial charge in [-0.3, -0.25) is 0 Å². The standard InChI is InChI=1S/C19H28N2O2S/c1-4-13(2)16-7-9-18(10-8-16)24(22,23)21-20-14(3)19-12-15-5-6-17(19)11-15/h7-10,13,15,17,19,21H,4-6,11-12H2,1-3H3/b20-14+/t13-,15-,17-,19+/m0/s1. The van der Waals surface area contributed by atoms with Crippen LogP contribution in [-0.4, -0.2) is 14.1 Å². The molecular formula is C19H28N2O2S. The summed E-state index contributed by atoms with van der Waals surface area (Å²) >= 11 is 0. The zero-order chi connectivity index (χ0) is 17.3. The number of hydrazone groups is 1. The van der Waals surface area contributed by atoms with Crippen LogP contribution in [0, 0.1) is 17.8 Å². The molecule has 0 spiro atoms. The van der Waals surface area contributed by atoms with E-state index in [-0.39, 0.29) is 4.90 Å². The monoisotopic (exact) mass is 348 g/mol. The molecule has 1 aromatic rings. The maximum atomic E-state index is 12.4. The molecule has 0 aromatic heterocycles. The van der Waals surface area contributed by atoms with E-state index in [0.29, 0.717) is 17.8 Å². The summed E-state index contributed by atoms with van der Waals surface area (Å²) in [6.45, 7) is 6.23. The van der Waals surface area contributed by atoms with Crippen LogP contribution in [0.3, 0.4) is 0 Å². The third-order valence-electron chi connectivity index (χ3n) is 5.99. The van der Waals surface area contributed by atoms with E-state index in [1.54, 1.807) is 12.1 Å². The Morgan fingerprint density at radius 3 is 2.50 bits per heavy atom. The fourth-order valence-corrected chi connectivity index (χ4v) is 5.10. The van der Waals surface area contributed by atoms with Crippen molar-refractivity contribution in [3.05, 3.63) is 29.8 Å². The van der Waals surface area contributed by atoms with Crippen LogP contribution < -0.4 is 4.83 Å². The summed E-state index contributed by atoms with van der Waals surface area (Å²) in [5.74, 6) is 2.43. The Balaban J connectivity index is 1.68. The van der Waals surface area contributed by atoms with Gasteiger partial charge >= 0.3 is 0 Å². The molecule has 0 unspecified atom stereocenters. The van der Waals surface area contributed by atoms with Crippen LogP contribution in [-0.2, 0) is 10.0 Å². The summed E-state index contributed by atoms with van der Waals surface area (Å²) < 4.78 is 24.9. The molecule has 4 atom stereocenters. The molecule has 24 heavy (non-hydrogen) atoms. The van der Waals surface area contributed by atoms with Gasteiger partial charge in [0.1, 0.15) is 0 Å². The molecule has 0 heterocycles. The maximum Gasteiger partial charge on any atom is 0.276 e. The lowest BCUT2D eigenvalue weighted by Gasteiger charge is -2.21. The largest absolute Gasteiger partial charge is 0.276 e. The Hall–Kier alpha value is -1.36. The first-order valence-corrected chi connectivity index (χ1v) is 10.5. The van der Waals surface area contributed by atoms with Crippen LogP contribution in [0.2, 0.25) is 0 Å². The molecule has 0 amide bonds. The Morgan fingerprint density at radius 1 is 1.25 bits per heavy atom. The van der Waals surface area contributed by atoms with Crippen molar-refractivity contribution >= 4 is 15.7 Å². The Kier molecular flexibility index (Phi) is 5.00. The molecule has 4 nitrogen and oxygen atoms in total. The van der Waals surface area contributed by atoms with Gasteiger partial charge in [0.25, 0.3) is 10.0 Å². The van der Waals surface area contributed by atoms with Crippen LogP contribution in [0.4, 0.5) is 0 Å². The molecule has 132 valence electrons. The Morgan fingerprint density at radius 2 is 1.96 bits per heavy atom. The highest BCUT2D eigenvalue weighted by molar-refractivity contribution is 7.89. The molecular weight excluding hydrogens is 320 g/mol. The third kappa shape index (κ3) is 3.51. The van der Waals surface area contributed by atoms with Crippen LogP contribution in [0.5, 0.6) is 0 Å². The van der Waals surface area contributed by atoms with Crippen LogP contribution in [0.15, 0.2) is 34.3 Å². The molecule has 0 radical (unpaired) electrons. The van der Waals surface area contributed by atoms with Crippen molar-refractivity contribution in [1.82, 2.24) is 4.83 Å². The average Bonchev–Trinajstić information content (AvgIpc) is 3.22. The number of hydrogen-bond donors (Lipinski definition) is 1. The number of fused-ring (bicyclic) bond motifs is 2. The highest BCUT2D eigenvalue weighted by Gasteiger charge is 2.40. The van der Waals surface area contributed by atoms with E-state index >= 15 is 0 Å². The van der Waals surface area contributed by atoms with Gasteiger partial charge in [-0.2, -0.15) is 13.5 Å². The number of rotatable bonds is 6. The molecule has 2 bridgehead atoms. The van der Waals surface area contributed by atoms with Gasteiger partial charge in [0.05, 0.1) is 4.90 Å². The summed E-state index contributed by atoms with van der Waals surface area (Å²) in [5.41, 5.74) is 2.10. The minimum atomic E-state index is -3.58. The van der Waals surface area contributed by atoms with Crippen LogP contribution >= 0.6 is 0 Å². The van der Waals surface area contributed by atoms with Crippen LogP contribution in [0.25, 0.3) is 0 Å². The SMILES string of the molecule is CC[C@H](C)c1ccc(S(=O)(=O)N/N=C(\C)[C@H]2C[C@H]3CC[C@H]2C3)cc1. The molecule has 1 aromatic carbocycles. The molecule has 2 fully saturated rings. The minimum Gasteiger partial charge on any atom is -0.200 e. The highest BCUT2D eigenvalue weighted by Crippen LogP contribution is 2.48. The molecule has 1 N–H and O–H groups in total. The summed E-state index contributed by atoms with van der Waals surface area (Å²) in [5, 5.41) is 4.23. The molecule has 2 aliphatic rings. The summed E-state index contributed by atoms with van der Waals surface area (Å²) in [6.07, 6.45) is 6.11. The molecule has 0 saturated heterocycles. The Bertz CT molecular complexity index is 709. The zero-order valence-corrected chi connectivity index (χ0v) is 15.6. The van der Waals surface area contributed by atoms with Crippen molar-refractivity contribution in [3.63, 3.8) is 0 Å². The van der Waals surface area contributed by atoms with Gasteiger partial charge in [-0.15, -0.1) is 0 Å². The van der Waals surface area contributed by atoms with Gasteiger partial charge in [-0.1, -0.05) is 32.4 Å². The number of nitrogens with zero attached hydrogens (tertiary/aromatic N) is 1. The van der Waals surface area contributed by atoms with E-state index in [2.05, 4.69) is 23.8 Å². The first-order valence-electron chi connectivity index (χ1n) is 9.06. The molecule has 3 rings (SSSR count). The van der Waals surface area contributed by atoms with Crippen LogP contribution in [0.1, 0.15) is 64.4 Å². The predicted molar refractivity (Wildman–Crippen MR) is 97.5 cm³/mol. The van der Waals surface area contributed by atoms with E-state index in [1.165, 1.54) is 25.7 Å². The molecule has 2 aliphatic carbocycles. The normalized spacial score (nSPS) is 28.1. The summed E-state index contributed by atoms with van der Waals surface area (Å²) in [7, 11) is -3.58. The minimum absolute atomic E-state index is 0.277. The second-order valence-corrected chi connectivity index (χ2v) is 9.17. The lowest BCUT2D eigenvalue weighted by atomic mass is 9.86. The Labute approximate surface area is 145 Å². The van der Waals surface area contributed by atoms with Crippen molar-refractivity contribution in [2.45, 2.75) is 63.7 Å². The maximum absolute atomic E-state index is 12.4. The third-order valence-corrected chi connectivity index (χ3v) is 7.21. The van der Waals surface area contributed by atoms with Gasteiger partial charge in [0, 0.05) is 11.6 Å². The second kappa shape index (κ2) is 6.87. The first-order chi connectivity index (χ1) is 11.4. The topological polar surface area (TPSA) is 58.5 Å². The van der Waals surface area contributed by atoms with Crippen molar-refractivity contribution in [1.29, 1.82) is 0 Å². The van der Waals surface area contributed by atoms with E-state index in [9.17, 15) is 8.42 Å². The second-order valence-electron chi connectivity index (χ2n) is 7.51. The zero-order valence-electron chi connectivity index (χ0n) is 14.8. The van der Waals surface area contributed by atoms with E-state index < -0.39 is 10.0 Å². The van der Waals surface area contributed by atoms with Crippen molar-refractivity contribution in [3.8, 4) is 0 Å². The lowest BCUT2D eigenvalue weighted by Crippen LogP contribution is -2.24. The van der Waals surface area contributed by atoms with E-state index in [1.807, 2.05) is 19.1 Å². The lowest BCUT2D eigenvalue weighted by molar-refractivity contribution is 0.413. The van der Waals surface area contributed by atoms with Gasteiger partial charge < -0.3 is 0 Å². The van der Waals surface area contributed by atoms with E-state index in [4.69, 9.17) is 0 Å². The quantitative estimate of drug-likeness (QED) is 0.616. The van der Waals surface area contributed by atoms with Crippen molar-refractivity contribution < 1.29 is 8.42 Å². The molecule has 0 aliphatic heterocycles. The molecule has 5 heteroatoms. The van der Waals surface area contributed by atoms with E-state index in [0.717, 1.165) is 23.6 Å². The van der Waals surface area contributed by atoms with Gasteiger partial charge in [-0.25, -0.2) is 4.83 Å². The smallest absolute Gasteiger partial charge is 0.200 e. The molecule has 2 saturated carbocycles. The highest BCUT2D eigenvalue weighted by atomic mass is 32.2. The predicted octanol–water partition coefficient (Wildman–Crippen LogP) is 4.29. The number of hydrogen-bond acceptors (Lipinski definition) is 3. The summed E-state index contributed by atoms with van der Waals surface area (Å²) in [4.78, 5) is 2.71. The van der Waals surface area contributed by atoms with Crippen molar-refractivity contribution in [2.75, 3.05) is 0 Å².